The number of hydrogen-bond acceptors (Lipinski definition) is 9. The second kappa shape index (κ2) is 11.2. The number of nitrogens with one attached hydrogen (secondary N) is 2. The summed E-state index contributed by atoms with van der Waals surface area (Å²) in [5.74, 6) is 0.330. The molecule has 4 heterocycles. The third kappa shape index (κ3) is 5.59. The van der Waals surface area contributed by atoms with Crippen LogP contribution in [0.4, 0.5) is 5.95 Å². The fraction of sp³-hybridized carbons (Fsp3) is 0.458. The van der Waals surface area contributed by atoms with Crippen LogP contribution in [0.1, 0.15) is 24.6 Å². The topological polar surface area (TPSA) is 128 Å². The van der Waals surface area contributed by atoms with E-state index in [2.05, 4.69) is 20.6 Å². The van der Waals surface area contributed by atoms with E-state index in [0.717, 1.165) is 47.4 Å². The largest absolute Gasteiger partial charge is 0.395 e. The molecule has 2 aliphatic heterocycles. The molecule has 37 heavy (non-hydrogen) atoms. The van der Waals surface area contributed by atoms with Gasteiger partial charge in [-0.3, -0.25) is 4.79 Å². The van der Waals surface area contributed by atoms with Crippen LogP contribution in [0.25, 0.3) is 10.1 Å². The number of thiophene rings is 1. The number of amides is 1. The maximum atomic E-state index is 13.5. The van der Waals surface area contributed by atoms with Crippen LogP contribution in [0, 0.1) is 5.92 Å². The van der Waals surface area contributed by atoms with Gasteiger partial charge in [0.05, 0.1) is 24.9 Å². The number of rotatable bonds is 8. The van der Waals surface area contributed by atoms with E-state index >= 15 is 0 Å². The van der Waals surface area contributed by atoms with Gasteiger partial charge in [-0.1, -0.05) is 17.7 Å². The monoisotopic (exact) mass is 564 g/mol. The van der Waals surface area contributed by atoms with Gasteiger partial charge in [0.15, 0.2) is 0 Å². The zero-order valence-corrected chi connectivity index (χ0v) is 22.5. The highest BCUT2D eigenvalue weighted by atomic mass is 35.5. The number of anilines is 1. The Kier molecular flexibility index (Phi) is 7.93. The molecular formula is C24H29ClN6O4S2. The quantitative estimate of drug-likeness (QED) is 0.380. The number of piperazine rings is 1. The van der Waals surface area contributed by atoms with E-state index in [1.54, 1.807) is 35.4 Å². The van der Waals surface area contributed by atoms with Gasteiger partial charge in [0.2, 0.25) is 11.9 Å². The van der Waals surface area contributed by atoms with Crippen molar-refractivity contribution in [3.05, 3.63) is 47.2 Å². The number of hydrogen-bond donors (Lipinski definition) is 3. The highest BCUT2D eigenvalue weighted by Crippen LogP contribution is 2.37. The SMILES string of the molecule is O=C1CN(S(=O)(=O)c2cc3ccc(Cl)cc3s2)CCN1C(c1ccnc(NCCO)n1)C1CCNCC1. The first-order valence-corrected chi connectivity index (χ1v) is 14.9. The summed E-state index contributed by atoms with van der Waals surface area (Å²) >= 11 is 7.23. The highest BCUT2D eigenvalue weighted by molar-refractivity contribution is 7.91. The Morgan fingerprint density at radius 2 is 2.03 bits per heavy atom. The molecule has 0 spiro atoms. The Morgan fingerprint density at radius 3 is 2.78 bits per heavy atom. The Labute approximate surface area is 224 Å². The van der Waals surface area contributed by atoms with Gasteiger partial charge < -0.3 is 20.6 Å². The molecule has 0 radical (unpaired) electrons. The number of piperidine rings is 1. The lowest BCUT2D eigenvalue weighted by Gasteiger charge is -2.42. The number of aliphatic hydroxyl groups is 1. The van der Waals surface area contributed by atoms with Crippen LogP contribution in [0.15, 0.2) is 40.7 Å². The molecule has 2 aliphatic rings. The van der Waals surface area contributed by atoms with Crippen LogP contribution >= 0.6 is 22.9 Å². The molecule has 198 valence electrons. The average molecular weight is 565 g/mol. The Bertz CT molecular complexity index is 1380. The minimum Gasteiger partial charge on any atom is -0.395 e. The number of carbonyl (C=O) groups is 1. The van der Waals surface area contributed by atoms with E-state index in [9.17, 15) is 13.2 Å². The van der Waals surface area contributed by atoms with Crippen LogP contribution in [0.2, 0.25) is 5.02 Å². The third-order valence-corrected chi connectivity index (χ3v) is 10.4. The molecule has 1 atom stereocenters. The summed E-state index contributed by atoms with van der Waals surface area (Å²) in [7, 11) is -3.83. The molecule has 1 unspecified atom stereocenters. The molecule has 0 aliphatic carbocycles. The molecule has 2 fully saturated rings. The lowest BCUT2D eigenvalue weighted by Crippen LogP contribution is -2.54. The third-order valence-electron chi connectivity index (χ3n) is 6.82. The van der Waals surface area contributed by atoms with Crippen molar-refractivity contribution in [2.24, 2.45) is 5.92 Å². The van der Waals surface area contributed by atoms with Crippen LogP contribution in [-0.4, -0.2) is 84.5 Å². The van der Waals surface area contributed by atoms with Gasteiger partial charge >= 0.3 is 0 Å². The van der Waals surface area contributed by atoms with Gasteiger partial charge in [0.1, 0.15) is 4.21 Å². The zero-order chi connectivity index (χ0) is 26.0. The van der Waals surface area contributed by atoms with Gasteiger partial charge in [-0.2, -0.15) is 4.31 Å². The van der Waals surface area contributed by atoms with Gasteiger partial charge in [-0.15, -0.1) is 11.3 Å². The summed E-state index contributed by atoms with van der Waals surface area (Å²) in [6, 6.07) is 8.44. The number of carbonyl (C=O) groups excluding carboxylic acids is 1. The van der Waals surface area contributed by atoms with Crippen molar-refractivity contribution in [1.29, 1.82) is 0 Å². The molecule has 13 heteroatoms. The predicted octanol–water partition coefficient (Wildman–Crippen LogP) is 2.32. The standard InChI is InChI=1S/C24H29ClN6O4S2/c25-18-2-1-17-13-22(36-20(17)14-18)37(34,35)30-10-11-31(21(33)15-30)23(16-3-6-26-7-4-16)19-5-8-27-24(29-19)28-9-12-32/h1-2,5,8,13-14,16,23,26,32H,3-4,6-7,9-12,15H2,(H,27,28,29). The highest BCUT2D eigenvalue weighted by Gasteiger charge is 2.40. The summed E-state index contributed by atoms with van der Waals surface area (Å²) in [6.45, 7) is 2.21. The van der Waals surface area contributed by atoms with E-state index in [-0.39, 0.29) is 48.3 Å². The van der Waals surface area contributed by atoms with E-state index in [1.165, 1.54) is 4.31 Å². The van der Waals surface area contributed by atoms with Crippen molar-refractivity contribution in [3.63, 3.8) is 0 Å². The molecule has 3 aromatic rings. The second-order valence-electron chi connectivity index (χ2n) is 9.16. The van der Waals surface area contributed by atoms with Crippen molar-refractivity contribution in [2.75, 3.05) is 51.2 Å². The molecule has 5 rings (SSSR count). The Balaban J connectivity index is 1.39. The first kappa shape index (κ1) is 26.3. The zero-order valence-electron chi connectivity index (χ0n) is 20.1. The van der Waals surface area contributed by atoms with Gasteiger partial charge in [-0.25, -0.2) is 18.4 Å². The fourth-order valence-corrected chi connectivity index (χ4v) is 8.21. The fourth-order valence-electron chi connectivity index (χ4n) is 5.00. The average Bonchev–Trinajstić information content (AvgIpc) is 3.34. The van der Waals surface area contributed by atoms with Crippen LogP contribution in [-0.2, 0) is 14.8 Å². The van der Waals surface area contributed by atoms with Crippen LogP contribution in [0.3, 0.4) is 0 Å². The second-order valence-corrected chi connectivity index (χ2v) is 12.8. The number of sulfonamides is 1. The molecule has 1 amide bonds. The maximum absolute atomic E-state index is 13.5. The lowest BCUT2D eigenvalue weighted by molar-refractivity contribution is -0.138. The van der Waals surface area contributed by atoms with Gasteiger partial charge in [0.25, 0.3) is 10.0 Å². The summed E-state index contributed by atoms with van der Waals surface area (Å²) in [6.07, 6.45) is 3.41. The number of aromatic nitrogens is 2. The number of halogens is 1. The van der Waals surface area contributed by atoms with E-state index in [1.807, 2.05) is 6.07 Å². The minimum atomic E-state index is -3.83. The molecule has 0 bridgehead atoms. The Hall–Kier alpha value is -2.35. The normalized spacial score (nSPS) is 18.9. The Morgan fingerprint density at radius 1 is 1.22 bits per heavy atom. The van der Waals surface area contributed by atoms with Crippen molar-refractivity contribution >= 4 is 54.9 Å². The summed E-state index contributed by atoms with van der Waals surface area (Å²) in [4.78, 5) is 24.2. The van der Waals surface area contributed by atoms with Crippen LogP contribution in [0.5, 0.6) is 0 Å². The number of nitrogens with zero attached hydrogens (tertiary/aromatic N) is 4. The van der Waals surface area contributed by atoms with Crippen molar-refractivity contribution in [2.45, 2.75) is 23.1 Å². The van der Waals surface area contributed by atoms with Crippen molar-refractivity contribution < 1.29 is 18.3 Å². The summed E-state index contributed by atoms with van der Waals surface area (Å²) in [5.41, 5.74) is 0.716. The number of aliphatic hydroxyl groups excluding tert-OH is 1. The first-order valence-electron chi connectivity index (χ1n) is 12.2. The van der Waals surface area contributed by atoms with Gasteiger partial charge in [0, 0.05) is 35.6 Å². The van der Waals surface area contributed by atoms with Gasteiger partial charge in [-0.05, 0) is 61.5 Å². The minimum absolute atomic E-state index is 0.0485. The molecule has 3 N–H and O–H groups in total. The lowest BCUT2D eigenvalue weighted by atomic mass is 9.86. The molecule has 0 saturated carbocycles. The van der Waals surface area contributed by atoms with E-state index in [4.69, 9.17) is 16.7 Å². The molecule has 2 saturated heterocycles. The maximum Gasteiger partial charge on any atom is 0.253 e. The molecule has 2 aromatic heterocycles. The molecule has 10 nitrogen and oxygen atoms in total. The van der Waals surface area contributed by atoms with Crippen molar-refractivity contribution in [3.8, 4) is 0 Å². The number of fused-ring (bicyclic) bond motifs is 1. The van der Waals surface area contributed by atoms with Crippen LogP contribution < -0.4 is 10.6 Å². The number of benzene rings is 1. The van der Waals surface area contributed by atoms with Crippen molar-refractivity contribution in [1.82, 2.24) is 24.5 Å². The predicted molar refractivity (Wildman–Crippen MR) is 143 cm³/mol. The first-order chi connectivity index (χ1) is 17.9. The summed E-state index contributed by atoms with van der Waals surface area (Å²) < 4.78 is 29.2. The molecule has 1 aromatic carbocycles. The molecular weight excluding hydrogens is 536 g/mol. The summed E-state index contributed by atoms with van der Waals surface area (Å²) in [5, 5.41) is 16.8. The van der Waals surface area contributed by atoms with E-state index < -0.39 is 10.0 Å². The van der Waals surface area contributed by atoms with E-state index in [0.29, 0.717) is 23.2 Å². The smallest absolute Gasteiger partial charge is 0.253 e.